The molecule has 0 amide bonds. The highest BCUT2D eigenvalue weighted by Gasteiger charge is 2.05. The van der Waals surface area contributed by atoms with Crippen molar-refractivity contribution in [2.75, 3.05) is 5.43 Å². The molecule has 0 saturated heterocycles. The number of aromatic amines is 1. The van der Waals surface area contributed by atoms with Crippen LogP contribution in [0.5, 0.6) is 0 Å². The van der Waals surface area contributed by atoms with E-state index < -0.39 is 0 Å². The fourth-order valence-corrected chi connectivity index (χ4v) is 1.81. The zero-order valence-corrected chi connectivity index (χ0v) is 11.6. The predicted octanol–water partition coefficient (Wildman–Crippen LogP) is 2.11. The highest BCUT2D eigenvalue weighted by atomic mass is 16.3. The summed E-state index contributed by atoms with van der Waals surface area (Å²) in [4.78, 5) is 11.2. The van der Waals surface area contributed by atoms with Gasteiger partial charge in [0.2, 0.25) is 0 Å². The lowest BCUT2D eigenvalue weighted by Crippen LogP contribution is -1.91. The second-order valence-electron chi connectivity index (χ2n) is 4.44. The molecule has 0 aliphatic rings. The molecule has 8 nitrogen and oxygen atoms in total. The summed E-state index contributed by atoms with van der Waals surface area (Å²) >= 11 is 0. The number of hydrogen-bond donors (Lipinski definition) is 2. The average molecular weight is 296 g/mol. The summed E-state index contributed by atoms with van der Waals surface area (Å²) in [6.45, 7) is 1.53. The maximum absolute atomic E-state index is 11.2. The number of carbonyl (C=O) groups is 1. The fraction of sp³-hybridized carbons (Fsp3) is 0.0714. The normalized spacial score (nSPS) is 11.0. The smallest absolute Gasteiger partial charge is 0.283 e. The Kier molecular flexibility index (Phi) is 3.73. The molecule has 0 aliphatic heterocycles. The van der Waals surface area contributed by atoms with Gasteiger partial charge in [0.1, 0.15) is 11.5 Å². The number of benzene rings is 1. The number of Topliss-reactive ketones (excluding diaryl/α,β-unsaturated/α-hetero) is 1. The molecule has 8 heteroatoms. The van der Waals surface area contributed by atoms with Gasteiger partial charge in [0.15, 0.2) is 5.78 Å². The van der Waals surface area contributed by atoms with Crippen LogP contribution in [0.4, 0.5) is 5.95 Å². The van der Waals surface area contributed by atoms with E-state index in [1.807, 2.05) is 18.2 Å². The quantitative estimate of drug-likeness (QED) is 0.424. The summed E-state index contributed by atoms with van der Waals surface area (Å²) in [5, 5.41) is 17.0. The van der Waals surface area contributed by atoms with E-state index in [1.54, 1.807) is 18.2 Å². The van der Waals surface area contributed by atoms with Crippen molar-refractivity contribution in [2.24, 2.45) is 5.10 Å². The molecule has 3 aromatic rings. The van der Waals surface area contributed by atoms with Crippen molar-refractivity contribution in [3.63, 3.8) is 0 Å². The Bertz CT molecular complexity index is 789. The third kappa shape index (κ3) is 3.06. The van der Waals surface area contributed by atoms with Crippen LogP contribution in [0.1, 0.15) is 23.0 Å². The summed E-state index contributed by atoms with van der Waals surface area (Å²) in [6, 6.07) is 10.8. The lowest BCUT2D eigenvalue weighted by atomic mass is 10.1. The lowest BCUT2D eigenvalue weighted by Gasteiger charge is -1.98. The van der Waals surface area contributed by atoms with Crippen molar-refractivity contribution in [1.29, 1.82) is 0 Å². The minimum Gasteiger partial charge on any atom is -0.455 e. The van der Waals surface area contributed by atoms with E-state index in [4.69, 9.17) is 4.42 Å². The van der Waals surface area contributed by atoms with E-state index in [-0.39, 0.29) is 11.7 Å². The van der Waals surface area contributed by atoms with E-state index in [1.165, 1.54) is 13.1 Å². The van der Waals surface area contributed by atoms with Gasteiger partial charge in [0.25, 0.3) is 5.95 Å². The van der Waals surface area contributed by atoms with Crippen LogP contribution in [0.15, 0.2) is 45.9 Å². The molecule has 0 aliphatic carbocycles. The average Bonchev–Trinajstić information content (AvgIpc) is 3.19. The number of furan rings is 1. The van der Waals surface area contributed by atoms with E-state index in [0.29, 0.717) is 17.1 Å². The Hall–Kier alpha value is -3.29. The zero-order chi connectivity index (χ0) is 15.4. The Labute approximate surface area is 125 Å². The predicted molar refractivity (Wildman–Crippen MR) is 79.5 cm³/mol. The SMILES string of the molecule is CC(=O)c1ccc(-c2ccc(/C=N/Nc3nn[nH]n3)o2)cc1. The van der Waals surface area contributed by atoms with E-state index >= 15 is 0 Å². The fourth-order valence-electron chi connectivity index (χ4n) is 1.81. The highest BCUT2D eigenvalue weighted by Crippen LogP contribution is 2.22. The van der Waals surface area contributed by atoms with Crippen molar-refractivity contribution in [3.8, 4) is 11.3 Å². The van der Waals surface area contributed by atoms with Gasteiger partial charge < -0.3 is 4.42 Å². The topological polar surface area (TPSA) is 109 Å². The number of rotatable bonds is 5. The monoisotopic (exact) mass is 296 g/mol. The summed E-state index contributed by atoms with van der Waals surface area (Å²) < 4.78 is 5.65. The van der Waals surface area contributed by atoms with Crippen LogP contribution in [0.3, 0.4) is 0 Å². The molecule has 2 aromatic heterocycles. The first kappa shape index (κ1) is 13.7. The van der Waals surface area contributed by atoms with Crippen molar-refractivity contribution in [1.82, 2.24) is 20.6 Å². The number of tetrazole rings is 1. The van der Waals surface area contributed by atoms with Gasteiger partial charge in [-0.15, -0.1) is 5.10 Å². The third-order valence-electron chi connectivity index (χ3n) is 2.90. The second kappa shape index (κ2) is 6.00. The Morgan fingerprint density at radius 2 is 2.09 bits per heavy atom. The van der Waals surface area contributed by atoms with E-state index in [9.17, 15) is 4.79 Å². The van der Waals surface area contributed by atoms with Gasteiger partial charge in [-0.05, 0) is 24.3 Å². The van der Waals surface area contributed by atoms with Gasteiger partial charge in [-0.1, -0.05) is 29.4 Å². The van der Waals surface area contributed by atoms with Gasteiger partial charge in [-0.3, -0.25) is 4.79 Å². The molecule has 0 fully saturated rings. The van der Waals surface area contributed by atoms with E-state index in [0.717, 1.165) is 5.56 Å². The third-order valence-corrected chi connectivity index (χ3v) is 2.90. The number of nitrogens with one attached hydrogen (secondary N) is 2. The summed E-state index contributed by atoms with van der Waals surface area (Å²) in [6.07, 6.45) is 1.50. The largest absolute Gasteiger partial charge is 0.455 e. The number of hydrogen-bond acceptors (Lipinski definition) is 7. The standard InChI is InChI=1S/C14H12N6O2/c1-9(21)10-2-4-11(5-3-10)13-7-6-12(22-13)8-15-16-14-17-19-20-18-14/h2-8H,1H3,(H2,16,17,18,19,20)/b15-8+. The molecule has 0 radical (unpaired) electrons. The van der Waals surface area contributed by atoms with Crippen molar-refractivity contribution >= 4 is 17.9 Å². The van der Waals surface area contributed by atoms with Gasteiger partial charge in [0.05, 0.1) is 6.21 Å². The molecular formula is C14H12N6O2. The molecule has 2 heterocycles. The number of ketones is 1. The van der Waals surface area contributed by atoms with Crippen LogP contribution in [0, 0.1) is 0 Å². The minimum absolute atomic E-state index is 0.0337. The van der Waals surface area contributed by atoms with Crippen molar-refractivity contribution in [3.05, 3.63) is 47.7 Å². The number of H-pyrrole nitrogens is 1. The number of carbonyl (C=O) groups excluding carboxylic acids is 1. The second-order valence-corrected chi connectivity index (χ2v) is 4.44. The van der Waals surface area contributed by atoms with Crippen LogP contribution in [-0.4, -0.2) is 32.6 Å². The molecule has 2 N–H and O–H groups in total. The molecule has 0 saturated carbocycles. The Morgan fingerprint density at radius 3 is 2.77 bits per heavy atom. The first-order valence-corrected chi connectivity index (χ1v) is 6.46. The first-order valence-electron chi connectivity index (χ1n) is 6.46. The maximum Gasteiger partial charge on any atom is 0.283 e. The number of aromatic nitrogens is 4. The van der Waals surface area contributed by atoms with Crippen molar-refractivity contribution in [2.45, 2.75) is 6.92 Å². The molecule has 0 spiro atoms. The highest BCUT2D eigenvalue weighted by molar-refractivity contribution is 5.94. The van der Waals surface area contributed by atoms with Crippen LogP contribution in [-0.2, 0) is 0 Å². The molecule has 0 atom stereocenters. The molecule has 22 heavy (non-hydrogen) atoms. The number of hydrazone groups is 1. The van der Waals surface area contributed by atoms with Crippen LogP contribution >= 0.6 is 0 Å². The Balaban J connectivity index is 1.70. The summed E-state index contributed by atoms with van der Waals surface area (Å²) in [5.41, 5.74) is 4.15. The van der Waals surface area contributed by atoms with Crippen LogP contribution in [0.25, 0.3) is 11.3 Å². The Morgan fingerprint density at radius 1 is 1.27 bits per heavy atom. The summed E-state index contributed by atoms with van der Waals surface area (Å²) in [5.74, 6) is 1.56. The number of anilines is 1. The van der Waals surface area contributed by atoms with Crippen LogP contribution in [0.2, 0.25) is 0 Å². The van der Waals surface area contributed by atoms with Crippen LogP contribution < -0.4 is 5.43 Å². The molecule has 0 unspecified atom stereocenters. The molecular weight excluding hydrogens is 284 g/mol. The van der Waals surface area contributed by atoms with Gasteiger partial charge >= 0.3 is 0 Å². The number of nitrogens with zero attached hydrogens (tertiary/aromatic N) is 4. The minimum atomic E-state index is 0.0337. The van der Waals surface area contributed by atoms with Gasteiger partial charge in [0, 0.05) is 11.1 Å². The lowest BCUT2D eigenvalue weighted by molar-refractivity contribution is 0.101. The van der Waals surface area contributed by atoms with Gasteiger partial charge in [-0.25, -0.2) is 5.43 Å². The molecule has 1 aromatic carbocycles. The van der Waals surface area contributed by atoms with Gasteiger partial charge in [-0.2, -0.15) is 10.3 Å². The molecule has 110 valence electrons. The molecule has 3 rings (SSSR count). The zero-order valence-electron chi connectivity index (χ0n) is 11.6. The maximum atomic E-state index is 11.2. The summed E-state index contributed by atoms with van der Waals surface area (Å²) in [7, 11) is 0. The van der Waals surface area contributed by atoms with E-state index in [2.05, 4.69) is 31.2 Å². The van der Waals surface area contributed by atoms with Crippen molar-refractivity contribution < 1.29 is 9.21 Å². The first-order chi connectivity index (χ1) is 10.7. The molecule has 0 bridgehead atoms.